The average molecular weight is 393 g/mol. The molecule has 0 radical (unpaired) electrons. The minimum atomic E-state index is -0.877. The number of pyridine rings is 1. The van der Waals surface area contributed by atoms with E-state index >= 15 is 0 Å². The number of esters is 1. The van der Waals surface area contributed by atoms with Crippen LogP contribution in [-0.4, -0.2) is 29.5 Å². The van der Waals surface area contributed by atoms with Crippen molar-refractivity contribution in [3.63, 3.8) is 0 Å². The molecule has 8 heteroatoms. The number of nitrogens with one attached hydrogen (secondary N) is 3. The van der Waals surface area contributed by atoms with Gasteiger partial charge in [0.05, 0.1) is 0 Å². The van der Waals surface area contributed by atoms with Gasteiger partial charge in [0.1, 0.15) is 5.69 Å². The molecule has 0 saturated heterocycles. The van der Waals surface area contributed by atoms with Gasteiger partial charge in [-0.25, -0.2) is 9.59 Å². The van der Waals surface area contributed by atoms with Crippen LogP contribution in [0.1, 0.15) is 21.6 Å². The lowest BCUT2D eigenvalue weighted by atomic mass is 10.1. The van der Waals surface area contributed by atoms with Crippen LogP contribution in [0.5, 0.6) is 0 Å². The molecule has 0 unspecified atom stereocenters. The van der Waals surface area contributed by atoms with E-state index in [1.807, 2.05) is 19.9 Å². The van der Waals surface area contributed by atoms with Crippen molar-refractivity contribution in [2.24, 2.45) is 0 Å². The molecule has 8 nitrogen and oxygen atoms in total. The molecule has 0 aliphatic carbocycles. The Morgan fingerprint density at radius 1 is 1.00 bits per heavy atom. The monoisotopic (exact) mass is 393 g/mol. The third-order valence-electron chi connectivity index (χ3n) is 4.33. The number of ether oxygens (including phenoxy) is 1. The summed E-state index contributed by atoms with van der Waals surface area (Å²) in [4.78, 5) is 50.3. The average Bonchev–Trinajstić information content (AvgIpc) is 2.69. The summed E-state index contributed by atoms with van der Waals surface area (Å²) in [7, 11) is 0. The molecule has 0 aliphatic heterocycles. The number of aromatic nitrogens is 1. The van der Waals surface area contributed by atoms with Gasteiger partial charge in [-0.05, 0) is 54.6 Å². The molecular formula is C21H19N3O5. The summed E-state index contributed by atoms with van der Waals surface area (Å²) in [5, 5.41) is 5.61. The van der Waals surface area contributed by atoms with Gasteiger partial charge < -0.3 is 15.0 Å². The Labute approximate surface area is 165 Å². The number of benzene rings is 2. The van der Waals surface area contributed by atoms with Crippen LogP contribution in [0.15, 0.2) is 53.3 Å². The third-order valence-corrected chi connectivity index (χ3v) is 4.33. The van der Waals surface area contributed by atoms with Crippen molar-refractivity contribution in [3.05, 3.63) is 75.7 Å². The number of rotatable bonds is 4. The first-order chi connectivity index (χ1) is 13.8. The van der Waals surface area contributed by atoms with Gasteiger partial charge in [-0.15, -0.1) is 0 Å². The lowest BCUT2D eigenvalue weighted by Crippen LogP contribution is -2.37. The van der Waals surface area contributed by atoms with E-state index in [2.05, 4.69) is 15.6 Å². The summed E-state index contributed by atoms with van der Waals surface area (Å²) in [6.45, 7) is 3.17. The van der Waals surface area contributed by atoms with Crippen molar-refractivity contribution < 1.29 is 19.1 Å². The Balaban J connectivity index is 1.56. The molecule has 3 rings (SSSR count). The van der Waals surface area contributed by atoms with Crippen LogP contribution >= 0.6 is 0 Å². The Kier molecular flexibility index (Phi) is 5.73. The van der Waals surface area contributed by atoms with Crippen LogP contribution in [-0.2, 0) is 9.53 Å². The second-order valence-electron chi connectivity index (χ2n) is 6.48. The molecule has 0 atom stereocenters. The van der Waals surface area contributed by atoms with Crippen molar-refractivity contribution in [1.82, 2.24) is 10.3 Å². The van der Waals surface area contributed by atoms with Crippen molar-refractivity contribution in [3.8, 4) is 0 Å². The molecule has 1 aromatic heterocycles. The number of hydrogen-bond donors (Lipinski definition) is 3. The maximum absolute atomic E-state index is 12.1. The molecule has 0 saturated carbocycles. The molecule has 29 heavy (non-hydrogen) atoms. The molecular weight excluding hydrogens is 374 g/mol. The lowest BCUT2D eigenvalue weighted by molar-refractivity contribution is -0.123. The zero-order chi connectivity index (χ0) is 21.0. The number of H-pyrrole nitrogens is 1. The van der Waals surface area contributed by atoms with E-state index < -0.39 is 30.1 Å². The predicted molar refractivity (Wildman–Crippen MR) is 108 cm³/mol. The van der Waals surface area contributed by atoms with E-state index in [4.69, 9.17) is 4.74 Å². The quantitative estimate of drug-likeness (QED) is 0.589. The summed E-state index contributed by atoms with van der Waals surface area (Å²) in [6, 6.07) is 12.8. The van der Waals surface area contributed by atoms with Crippen LogP contribution < -0.4 is 16.2 Å². The van der Waals surface area contributed by atoms with Gasteiger partial charge in [-0.2, -0.15) is 0 Å². The standard InChI is InChI=1S/C21H19N3O5/c1-12-7-8-15(9-13(12)2)22-21(28)24-18(25)11-29-20(27)17-10-14-5-3-4-6-16(14)19(26)23-17/h3-10H,11H2,1-2H3,(H,23,26)(H2,22,24,25,28). The Bertz CT molecular complexity index is 1170. The number of aromatic amines is 1. The number of carbonyl (C=O) groups excluding carboxylic acids is 3. The highest BCUT2D eigenvalue weighted by Crippen LogP contribution is 2.14. The predicted octanol–water partition coefficient (Wildman–Crippen LogP) is 2.65. The van der Waals surface area contributed by atoms with Crippen LogP contribution in [0, 0.1) is 13.8 Å². The number of urea groups is 1. The summed E-state index contributed by atoms with van der Waals surface area (Å²) < 4.78 is 4.88. The zero-order valence-corrected chi connectivity index (χ0v) is 15.9. The van der Waals surface area contributed by atoms with E-state index in [0.717, 1.165) is 11.1 Å². The number of carbonyl (C=O) groups is 3. The normalized spacial score (nSPS) is 10.4. The van der Waals surface area contributed by atoms with Gasteiger partial charge >= 0.3 is 12.0 Å². The van der Waals surface area contributed by atoms with Crippen LogP contribution in [0.4, 0.5) is 10.5 Å². The Morgan fingerprint density at radius 3 is 2.52 bits per heavy atom. The van der Waals surface area contributed by atoms with Gasteiger partial charge in [0.15, 0.2) is 6.61 Å². The Morgan fingerprint density at radius 2 is 1.76 bits per heavy atom. The van der Waals surface area contributed by atoms with E-state index in [1.54, 1.807) is 36.4 Å². The smallest absolute Gasteiger partial charge is 0.355 e. The van der Waals surface area contributed by atoms with E-state index in [1.165, 1.54) is 6.07 Å². The second kappa shape index (κ2) is 8.39. The molecule has 0 bridgehead atoms. The molecule has 3 aromatic rings. The summed E-state index contributed by atoms with van der Waals surface area (Å²) >= 11 is 0. The van der Waals surface area contributed by atoms with Gasteiger partial charge in [0.2, 0.25) is 0 Å². The number of anilines is 1. The first kappa shape index (κ1) is 19.8. The zero-order valence-electron chi connectivity index (χ0n) is 15.9. The highest BCUT2D eigenvalue weighted by atomic mass is 16.5. The van der Waals surface area contributed by atoms with Gasteiger partial charge in [0.25, 0.3) is 11.5 Å². The topological polar surface area (TPSA) is 117 Å². The molecule has 148 valence electrons. The van der Waals surface area contributed by atoms with E-state index in [0.29, 0.717) is 16.5 Å². The molecule has 3 N–H and O–H groups in total. The lowest BCUT2D eigenvalue weighted by Gasteiger charge is -2.09. The largest absolute Gasteiger partial charge is 0.451 e. The van der Waals surface area contributed by atoms with Crippen LogP contribution in [0.3, 0.4) is 0 Å². The van der Waals surface area contributed by atoms with E-state index in [9.17, 15) is 19.2 Å². The number of hydrogen-bond acceptors (Lipinski definition) is 5. The summed E-state index contributed by atoms with van der Waals surface area (Å²) in [6.07, 6.45) is 0. The first-order valence-electron chi connectivity index (χ1n) is 8.81. The minimum absolute atomic E-state index is 0.0823. The fraction of sp³-hybridized carbons (Fsp3) is 0.143. The number of aryl methyl sites for hydroxylation is 2. The van der Waals surface area contributed by atoms with Crippen molar-refractivity contribution in [2.45, 2.75) is 13.8 Å². The minimum Gasteiger partial charge on any atom is -0.451 e. The first-order valence-corrected chi connectivity index (χ1v) is 8.81. The molecule has 3 amide bonds. The van der Waals surface area contributed by atoms with Crippen LogP contribution in [0.2, 0.25) is 0 Å². The molecule has 0 aliphatic rings. The SMILES string of the molecule is Cc1ccc(NC(=O)NC(=O)COC(=O)c2cc3ccccc3c(=O)[nH]2)cc1C. The number of amides is 3. The van der Waals surface area contributed by atoms with Crippen LogP contribution in [0.25, 0.3) is 10.8 Å². The molecule has 1 heterocycles. The second-order valence-corrected chi connectivity index (χ2v) is 6.48. The molecule has 2 aromatic carbocycles. The highest BCUT2D eigenvalue weighted by molar-refractivity contribution is 6.02. The van der Waals surface area contributed by atoms with Crippen molar-refractivity contribution in [2.75, 3.05) is 11.9 Å². The summed E-state index contributed by atoms with van der Waals surface area (Å²) in [5.41, 5.74) is 2.08. The maximum atomic E-state index is 12.1. The van der Waals surface area contributed by atoms with Gasteiger partial charge in [0, 0.05) is 11.1 Å². The molecule has 0 fully saturated rings. The number of imide groups is 1. The van der Waals surface area contributed by atoms with Gasteiger partial charge in [-0.3, -0.25) is 14.9 Å². The third kappa shape index (κ3) is 4.86. The van der Waals surface area contributed by atoms with Crippen molar-refractivity contribution >= 4 is 34.4 Å². The summed E-state index contributed by atoms with van der Waals surface area (Å²) in [5.74, 6) is -1.68. The molecule has 0 spiro atoms. The van der Waals surface area contributed by atoms with Gasteiger partial charge in [-0.1, -0.05) is 24.3 Å². The fourth-order valence-electron chi connectivity index (χ4n) is 2.67. The fourth-order valence-corrected chi connectivity index (χ4v) is 2.67. The highest BCUT2D eigenvalue weighted by Gasteiger charge is 2.14. The van der Waals surface area contributed by atoms with Crippen molar-refractivity contribution in [1.29, 1.82) is 0 Å². The Hall–Kier alpha value is -3.94. The number of fused-ring (bicyclic) bond motifs is 1. The van der Waals surface area contributed by atoms with E-state index in [-0.39, 0.29) is 5.69 Å². The maximum Gasteiger partial charge on any atom is 0.355 e.